The zero-order valence-electron chi connectivity index (χ0n) is 14.3. The zero-order chi connectivity index (χ0) is 19.1. The minimum Gasteiger partial charge on any atom is -0.316 e. The number of fused-ring (bicyclic) bond motifs is 1. The number of rotatable bonds is 4. The average Bonchev–Trinajstić information content (AvgIpc) is 3.06. The van der Waals surface area contributed by atoms with Crippen molar-refractivity contribution in [2.75, 3.05) is 19.4 Å². The van der Waals surface area contributed by atoms with Gasteiger partial charge in [0.2, 0.25) is 10.0 Å². The van der Waals surface area contributed by atoms with Crippen LogP contribution in [0, 0.1) is 6.92 Å². The van der Waals surface area contributed by atoms with Crippen molar-refractivity contribution in [1.82, 2.24) is 13.7 Å². The number of thiazole rings is 1. The first-order valence-electron chi connectivity index (χ1n) is 7.52. The molecule has 1 amide bonds. The SMILES string of the molecule is Cc1nc2sccn2c(=O)c1NC(=O)c1ccc(S(=O)(=O)N(C)C)cc1. The molecule has 3 rings (SSSR count). The van der Waals surface area contributed by atoms with E-state index in [1.807, 2.05) is 0 Å². The standard InChI is InChI=1S/C16H16N4O4S2/c1-10-13(15(22)20-8-9-25-16(20)17-10)18-14(21)11-4-6-12(7-5-11)26(23,24)19(2)3/h4-9H,1-3H3,(H,18,21). The molecule has 0 atom stereocenters. The zero-order valence-corrected chi connectivity index (χ0v) is 15.9. The summed E-state index contributed by atoms with van der Waals surface area (Å²) in [6.45, 7) is 1.64. The van der Waals surface area contributed by atoms with E-state index in [4.69, 9.17) is 0 Å². The van der Waals surface area contributed by atoms with Crippen molar-refractivity contribution in [2.45, 2.75) is 11.8 Å². The summed E-state index contributed by atoms with van der Waals surface area (Å²) >= 11 is 1.32. The van der Waals surface area contributed by atoms with E-state index in [2.05, 4.69) is 10.3 Å². The molecule has 0 spiro atoms. The number of carbonyl (C=O) groups is 1. The Labute approximate surface area is 153 Å². The second kappa shape index (κ2) is 6.63. The first kappa shape index (κ1) is 18.2. The Bertz CT molecular complexity index is 1150. The number of hydrogen-bond acceptors (Lipinski definition) is 6. The Morgan fingerprint density at radius 1 is 1.23 bits per heavy atom. The van der Waals surface area contributed by atoms with Gasteiger partial charge in [-0.1, -0.05) is 0 Å². The summed E-state index contributed by atoms with van der Waals surface area (Å²) in [5.41, 5.74) is 0.374. The van der Waals surface area contributed by atoms with Crippen molar-refractivity contribution >= 4 is 37.9 Å². The molecule has 3 aromatic rings. The molecule has 2 heterocycles. The summed E-state index contributed by atoms with van der Waals surface area (Å²) in [5.74, 6) is -0.518. The van der Waals surface area contributed by atoms with Crippen molar-refractivity contribution in [1.29, 1.82) is 0 Å². The van der Waals surface area contributed by atoms with Crippen LogP contribution in [0.15, 0.2) is 45.5 Å². The van der Waals surface area contributed by atoms with Gasteiger partial charge in [-0.25, -0.2) is 17.7 Å². The van der Waals surface area contributed by atoms with Gasteiger partial charge in [0.1, 0.15) is 5.69 Å². The maximum atomic E-state index is 12.5. The fourth-order valence-corrected chi connectivity index (χ4v) is 3.95. The Hall–Kier alpha value is -2.56. The molecule has 10 heteroatoms. The van der Waals surface area contributed by atoms with Gasteiger partial charge in [-0.2, -0.15) is 0 Å². The number of hydrogen-bond donors (Lipinski definition) is 1. The van der Waals surface area contributed by atoms with E-state index >= 15 is 0 Å². The van der Waals surface area contributed by atoms with Crippen LogP contribution in [-0.4, -0.2) is 42.1 Å². The first-order valence-corrected chi connectivity index (χ1v) is 9.84. The minimum atomic E-state index is -3.57. The number of aryl methyl sites for hydroxylation is 1. The molecule has 26 heavy (non-hydrogen) atoms. The predicted octanol–water partition coefficient (Wildman–Crippen LogP) is 1.57. The normalized spacial score (nSPS) is 11.8. The van der Waals surface area contributed by atoms with E-state index in [1.165, 1.54) is 54.1 Å². The summed E-state index contributed by atoms with van der Waals surface area (Å²) in [4.78, 5) is 29.8. The third-order valence-corrected chi connectivity index (χ3v) is 6.37. The lowest BCUT2D eigenvalue weighted by atomic mass is 10.2. The molecule has 0 saturated carbocycles. The van der Waals surface area contributed by atoms with Gasteiger partial charge in [0.25, 0.3) is 11.5 Å². The fraction of sp³-hybridized carbons (Fsp3) is 0.188. The second-order valence-electron chi connectivity index (χ2n) is 5.70. The number of amides is 1. The summed E-state index contributed by atoms with van der Waals surface area (Å²) in [6, 6.07) is 5.50. The number of anilines is 1. The highest BCUT2D eigenvalue weighted by atomic mass is 32.2. The molecule has 1 aromatic carbocycles. The molecule has 0 radical (unpaired) electrons. The van der Waals surface area contributed by atoms with Gasteiger partial charge in [-0.05, 0) is 31.2 Å². The Balaban J connectivity index is 1.91. The second-order valence-corrected chi connectivity index (χ2v) is 8.72. The van der Waals surface area contributed by atoms with Crippen LogP contribution >= 0.6 is 11.3 Å². The number of aromatic nitrogens is 2. The first-order chi connectivity index (χ1) is 12.2. The highest BCUT2D eigenvalue weighted by Crippen LogP contribution is 2.16. The quantitative estimate of drug-likeness (QED) is 0.726. The molecule has 0 aliphatic heterocycles. The lowest BCUT2D eigenvalue weighted by Crippen LogP contribution is -2.24. The molecular weight excluding hydrogens is 376 g/mol. The Morgan fingerprint density at radius 3 is 2.50 bits per heavy atom. The molecule has 2 aromatic heterocycles. The van der Waals surface area contributed by atoms with Crippen LogP contribution in [0.4, 0.5) is 5.69 Å². The molecular formula is C16H16N4O4S2. The van der Waals surface area contributed by atoms with Crippen molar-refractivity contribution in [2.24, 2.45) is 0 Å². The third-order valence-electron chi connectivity index (χ3n) is 3.78. The van der Waals surface area contributed by atoms with Crippen molar-refractivity contribution < 1.29 is 13.2 Å². The highest BCUT2D eigenvalue weighted by Gasteiger charge is 2.18. The Kier molecular flexibility index (Phi) is 4.65. The number of benzene rings is 1. The van der Waals surface area contributed by atoms with Gasteiger partial charge in [0.05, 0.1) is 10.6 Å². The Morgan fingerprint density at radius 2 is 1.88 bits per heavy atom. The van der Waals surface area contributed by atoms with Crippen LogP contribution in [0.1, 0.15) is 16.1 Å². The van der Waals surface area contributed by atoms with Gasteiger partial charge in [-0.3, -0.25) is 14.0 Å². The maximum Gasteiger partial charge on any atom is 0.282 e. The van der Waals surface area contributed by atoms with E-state index in [0.29, 0.717) is 10.7 Å². The molecule has 0 unspecified atom stereocenters. The largest absolute Gasteiger partial charge is 0.316 e. The predicted molar refractivity (Wildman–Crippen MR) is 99.3 cm³/mol. The van der Waals surface area contributed by atoms with Gasteiger partial charge < -0.3 is 5.32 Å². The third kappa shape index (κ3) is 3.14. The molecule has 0 saturated heterocycles. The van der Waals surface area contributed by atoms with Crippen LogP contribution in [0.2, 0.25) is 0 Å². The van der Waals surface area contributed by atoms with E-state index in [0.717, 1.165) is 4.31 Å². The maximum absolute atomic E-state index is 12.5. The highest BCUT2D eigenvalue weighted by molar-refractivity contribution is 7.89. The van der Waals surface area contributed by atoms with Crippen LogP contribution in [0.3, 0.4) is 0 Å². The van der Waals surface area contributed by atoms with E-state index in [1.54, 1.807) is 18.5 Å². The lowest BCUT2D eigenvalue weighted by molar-refractivity contribution is 0.102. The van der Waals surface area contributed by atoms with Crippen LogP contribution in [-0.2, 0) is 10.0 Å². The van der Waals surface area contributed by atoms with Gasteiger partial charge in [0, 0.05) is 31.2 Å². The molecule has 0 bridgehead atoms. The van der Waals surface area contributed by atoms with Crippen LogP contribution in [0.5, 0.6) is 0 Å². The molecule has 0 aliphatic carbocycles. The molecule has 1 N–H and O–H groups in total. The minimum absolute atomic E-state index is 0.0802. The van der Waals surface area contributed by atoms with E-state index in [9.17, 15) is 18.0 Å². The topological polar surface area (TPSA) is 101 Å². The summed E-state index contributed by atoms with van der Waals surface area (Å²) in [5, 5.41) is 4.30. The van der Waals surface area contributed by atoms with Crippen LogP contribution in [0.25, 0.3) is 4.96 Å². The van der Waals surface area contributed by atoms with Gasteiger partial charge in [-0.15, -0.1) is 11.3 Å². The number of sulfonamides is 1. The fourth-order valence-electron chi connectivity index (χ4n) is 2.30. The number of carbonyl (C=O) groups excluding carboxylic acids is 1. The van der Waals surface area contributed by atoms with Crippen LogP contribution < -0.4 is 10.9 Å². The summed E-state index contributed by atoms with van der Waals surface area (Å²) in [7, 11) is -0.710. The summed E-state index contributed by atoms with van der Waals surface area (Å²) in [6.07, 6.45) is 1.59. The smallest absolute Gasteiger partial charge is 0.282 e. The van der Waals surface area contributed by atoms with Gasteiger partial charge >= 0.3 is 0 Å². The number of nitrogens with zero attached hydrogens (tertiary/aromatic N) is 3. The summed E-state index contributed by atoms with van der Waals surface area (Å²) < 4.78 is 26.6. The van der Waals surface area contributed by atoms with Gasteiger partial charge in [0.15, 0.2) is 4.96 Å². The monoisotopic (exact) mass is 392 g/mol. The van der Waals surface area contributed by atoms with Crippen molar-refractivity contribution in [3.63, 3.8) is 0 Å². The van der Waals surface area contributed by atoms with E-state index < -0.39 is 15.9 Å². The average molecular weight is 392 g/mol. The molecule has 0 fully saturated rings. The molecule has 0 aliphatic rings. The van der Waals surface area contributed by atoms with Crippen molar-refractivity contribution in [3.8, 4) is 0 Å². The molecule has 136 valence electrons. The van der Waals surface area contributed by atoms with Crippen molar-refractivity contribution in [3.05, 3.63) is 57.5 Å². The lowest BCUT2D eigenvalue weighted by Gasteiger charge is -2.12. The molecule has 8 nitrogen and oxygen atoms in total. The van der Waals surface area contributed by atoms with E-state index in [-0.39, 0.29) is 21.7 Å². The number of nitrogens with one attached hydrogen (secondary N) is 1.